The number of nitrogens with one attached hydrogen (secondary N) is 3. The summed E-state index contributed by atoms with van der Waals surface area (Å²) in [6.07, 6.45) is 0. The molecule has 5 rings (SSSR count). The third kappa shape index (κ3) is 10.1. The monoisotopic (exact) mass is 686 g/mol. The van der Waals surface area contributed by atoms with Gasteiger partial charge in [-0.1, -0.05) is 24.3 Å². The van der Waals surface area contributed by atoms with Crippen molar-refractivity contribution in [2.45, 2.75) is 27.7 Å². The van der Waals surface area contributed by atoms with Gasteiger partial charge in [-0.2, -0.15) is 0 Å². The smallest absolute Gasteiger partial charge is 0.339 e. The Bertz CT molecular complexity index is 1900. The number of imidazole rings is 1. The molecule has 0 saturated carbocycles. The van der Waals surface area contributed by atoms with E-state index in [0.29, 0.717) is 28.3 Å². The minimum Gasteiger partial charge on any atom is -0.465 e. The van der Waals surface area contributed by atoms with Crippen molar-refractivity contribution in [3.63, 3.8) is 0 Å². The average molecular weight is 687 g/mol. The zero-order valence-corrected chi connectivity index (χ0v) is 28.8. The Morgan fingerprint density at radius 2 is 1.16 bits per heavy atom. The number of nitrogen functional groups attached to an aromatic ring is 2. The van der Waals surface area contributed by atoms with Crippen LogP contribution in [0.3, 0.4) is 0 Å². The summed E-state index contributed by atoms with van der Waals surface area (Å²) in [5, 5.41) is 5.20. The highest BCUT2D eigenvalue weighted by atomic mass is 35.5. The highest BCUT2D eigenvalue weighted by Crippen LogP contribution is 2.21. The fourth-order valence-corrected chi connectivity index (χ4v) is 4.43. The molecule has 0 aliphatic rings. The van der Waals surface area contributed by atoms with Crippen LogP contribution in [0.15, 0.2) is 72.8 Å². The van der Waals surface area contributed by atoms with E-state index in [2.05, 4.69) is 25.3 Å². The Balaban J connectivity index is 0.000000222. The number of ether oxygens (including phenoxy) is 2. The highest BCUT2D eigenvalue weighted by Gasteiger charge is 2.17. The van der Waals surface area contributed by atoms with Gasteiger partial charge in [0.2, 0.25) is 5.91 Å². The van der Waals surface area contributed by atoms with Gasteiger partial charge in [0, 0.05) is 0 Å². The first-order chi connectivity index (χ1) is 23.3. The van der Waals surface area contributed by atoms with Gasteiger partial charge < -0.3 is 36.6 Å². The van der Waals surface area contributed by atoms with Crippen molar-refractivity contribution < 1.29 is 28.7 Å². The zero-order chi connectivity index (χ0) is 36.2. The number of aromatic amines is 1. The molecule has 1 aromatic heterocycles. The van der Waals surface area contributed by atoms with E-state index in [-0.39, 0.29) is 23.2 Å². The lowest BCUT2D eigenvalue weighted by Gasteiger charge is -2.08. The second-order valence-electron chi connectivity index (χ2n) is 10.8. The fraction of sp³-hybridized carbons (Fsp3) is 0.194. The van der Waals surface area contributed by atoms with Gasteiger partial charge in [-0.25, -0.2) is 14.6 Å². The maximum absolute atomic E-state index is 12.5. The van der Waals surface area contributed by atoms with Gasteiger partial charge in [0.05, 0.1) is 59.1 Å². The number of halogens is 1. The van der Waals surface area contributed by atoms with Gasteiger partial charge in [0.15, 0.2) is 5.82 Å². The van der Waals surface area contributed by atoms with Gasteiger partial charge in [0.25, 0.3) is 5.91 Å². The molecule has 49 heavy (non-hydrogen) atoms. The number of nitrogens with zero attached hydrogens (tertiary/aromatic N) is 1. The summed E-state index contributed by atoms with van der Waals surface area (Å²) >= 11 is 5.34. The number of fused-ring (bicyclic) bond motifs is 1. The summed E-state index contributed by atoms with van der Waals surface area (Å²) < 4.78 is 9.29. The maximum atomic E-state index is 12.5. The molecule has 12 nitrogen and oxygen atoms in total. The van der Waals surface area contributed by atoms with E-state index >= 15 is 0 Å². The van der Waals surface area contributed by atoms with Gasteiger partial charge in [-0.05, 0) is 98.5 Å². The van der Waals surface area contributed by atoms with E-state index in [1.54, 1.807) is 48.5 Å². The Hall–Kier alpha value is -5.88. The summed E-state index contributed by atoms with van der Waals surface area (Å²) in [6, 6.07) is 20.9. The van der Waals surface area contributed by atoms with Gasteiger partial charge in [0.1, 0.15) is 5.88 Å². The van der Waals surface area contributed by atoms with Crippen LogP contribution in [-0.2, 0) is 14.3 Å². The van der Waals surface area contributed by atoms with Crippen LogP contribution in [0.5, 0.6) is 0 Å². The lowest BCUT2D eigenvalue weighted by molar-refractivity contribution is -0.113. The van der Waals surface area contributed by atoms with Crippen molar-refractivity contribution in [1.29, 1.82) is 0 Å². The number of para-hydroxylation sites is 2. The molecule has 0 spiro atoms. The zero-order valence-electron chi connectivity index (χ0n) is 28.1. The predicted octanol–water partition coefficient (Wildman–Crippen LogP) is 6.34. The summed E-state index contributed by atoms with van der Waals surface area (Å²) in [5.41, 5.74) is 20.0. The van der Waals surface area contributed by atoms with E-state index in [4.69, 9.17) is 27.8 Å². The van der Waals surface area contributed by atoms with Gasteiger partial charge >= 0.3 is 11.9 Å². The van der Waals surface area contributed by atoms with E-state index in [1.807, 2.05) is 52.0 Å². The molecule has 0 aliphatic heterocycles. The third-order valence-corrected chi connectivity index (χ3v) is 7.56. The number of hydrogen-bond donors (Lipinski definition) is 5. The number of carbonyl (C=O) groups excluding carboxylic acids is 4. The number of esters is 2. The van der Waals surface area contributed by atoms with Gasteiger partial charge in [-0.3, -0.25) is 9.59 Å². The van der Waals surface area contributed by atoms with E-state index in [0.717, 1.165) is 22.2 Å². The molecule has 2 amide bonds. The number of aromatic nitrogens is 2. The SMILES string of the molecule is COC(=O)c1ccccc1NC(=O)CCl.COC(=O)c1ccccc1NC(=O)c1nc2cc(C)c(C)cc2[nH]1.Cc1cc(N)c(N)cc1C. The highest BCUT2D eigenvalue weighted by molar-refractivity contribution is 6.29. The number of rotatable bonds is 6. The van der Waals surface area contributed by atoms with Crippen LogP contribution >= 0.6 is 11.6 Å². The number of nitrogens with two attached hydrogens (primary N) is 2. The average Bonchev–Trinajstić information content (AvgIpc) is 3.50. The molecular weight excluding hydrogens is 648 g/mol. The number of aryl methyl sites for hydroxylation is 4. The second kappa shape index (κ2) is 17.3. The molecule has 0 fully saturated rings. The summed E-state index contributed by atoms with van der Waals surface area (Å²) in [5.74, 6) is -1.77. The molecule has 0 radical (unpaired) electrons. The Labute approximate surface area is 289 Å². The number of alkyl halides is 1. The third-order valence-electron chi connectivity index (χ3n) is 7.32. The number of amides is 2. The second-order valence-corrected chi connectivity index (χ2v) is 11.1. The molecule has 0 saturated heterocycles. The van der Waals surface area contributed by atoms with Crippen LogP contribution in [0.2, 0.25) is 0 Å². The topological polar surface area (TPSA) is 192 Å². The molecule has 7 N–H and O–H groups in total. The molecule has 1 heterocycles. The van der Waals surface area contributed by atoms with E-state index in [1.165, 1.54) is 25.3 Å². The van der Waals surface area contributed by atoms with Crippen molar-refractivity contribution in [3.8, 4) is 0 Å². The lowest BCUT2D eigenvalue weighted by Crippen LogP contribution is -2.16. The van der Waals surface area contributed by atoms with Crippen LogP contribution in [-0.4, -0.2) is 53.8 Å². The standard InChI is InChI=1S/C18H17N3O3.C10H10ClNO3.C8H12N2/c1-10-8-14-15(9-11(10)2)20-16(19-14)17(22)21-13-7-5-4-6-12(13)18(23)24-3;1-15-10(14)7-4-2-3-5-8(7)12-9(13)6-11;1-5-3-7(9)8(10)4-6(5)2/h4-9H,1-3H3,(H,19,20)(H,21,22);2-5H,6H2,1H3,(H,12,13);3-4H,9-10H2,1-2H3. The van der Waals surface area contributed by atoms with Crippen LogP contribution in [0.1, 0.15) is 53.6 Å². The summed E-state index contributed by atoms with van der Waals surface area (Å²) in [4.78, 5) is 53.9. The number of H-pyrrole nitrogens is 1. The molecule has 4 aromatic carbocycles. The van der Waals surface area contributed by atoms with Crippen molar-refractivity contribution in [3.05, 3.63) is 112 Å². The van der Waals surface area contributed by atoms with E-state index < -0.39 is 17.8 Å². The first kappa shape index (κ1) is 37.6. The molecule has 0 bridgehead atoms. The van der Waals surface area contributed by atoms with Crippen molar-refractivity contribution in [1.82, 2.24) is 9.97 Å². The quantitative estimate of drug-likeness (QED) is 0.0770. The molecule has 0 unspecified atom stereocenters. The number of carbonyl (C=O) groups is 4. The summed E-state index contributed by atoms with van der Waals surface area (Å²) in [7, 11) is 2.58. The predicted molar refractivity (Wildman–Crippen MR) is 193 cm³/mol. The molecule has 256 valence electrons. The van der Waals surface area contributed by atoms with Crippen LogP contribution < -0.4 is 22.1 Å². The molecule has 13 heteroatoms. The number of methoxy groups -OCH3 is 2. The minimum atomic E-state index is -0.512. The first-order valence-corrected chi connectivity index (χ1v) is 15.4. The van der Waals surface area contributed by atoms with Crippen molar-refractivity contribution >= 4 is 69.1 Å². The van der Waals surface area contributed by atoms with E-state index in [9.17, 15) is 19.2 Å². The van der Waals surface area contributed by atoms with Crippen molar-refractivity contribution in [2.75, 3.05) is 42.2 Å². The van der Waals surface area contributed by atoms with Crippen LogP contribution in [0.25, 0.3) is 11.0 Å². The minimum absolute atomic E-state index is 0.157. The molecule has 0 aliphatic carbocycles. The lowest BCUT2D eigenvalue weighted by atomic mass is 10.1. The van der Waals surface area contributed by atoms with Crippen LogP contribution in [0.4, 0.5) is 22.7 Å². The number of benzene rings is 4. The van der Waals surface area contributed by atoms with Crippen LogP contribution in [0, 0.1) is 27.7 Å². The Morgan fingerprint density at radius 3 is 1.65 bits per heavy atom. The molecule has 0 atom stereocenters. The fourth-order valence-electron chi connectivity index (χ4n) is 4.36. The van der Waals surface area contributed by atoms with Gasteiger partial charge in [-0.15, -0.1) is 11.6 Å². The molecular formula is C36H39ClN6O6. The Morgan fingerprint density at radius 1 is 0.714 bits per heavy atom. The number of anilines is 4. The number of hydrogen-bond acceptors (Lipinski definition) is 9. The van der Waals surface area contributed by atoms with Crippen molar-refractivity contribution in [2.24, 2.45) is 0 Å². The maximum Gasteiger partial charge on any atom is 0.339 e. The normalized spacial score (nSPS) is 10.1. The first-order valence-electron chi connectivity index (χ1n) is 14.9. The summed E-state index contributed by atoms with van der Waals surface area (Å²) in [6.45, 7) is 8.04. The molecule has 5 aromatic rings. The Kier molecular flexibility index (Phi) is 13.3. The largest absolute Gasteiger partial charge is 0.465 e.